The highest BCUT2D eigenvalue weighted by Gasteiger charge is 2.34. The molecule has 138 valence electrons. The van der Waals surface area contributed by atoms with Crippen molar-refractivity contribution < 1.29 is 18.4 Å². The van der Waals surface area contributed by atoms with Gasteiger partial charge >= 0.3 is 0 Å². The average molecular weight is 367 g/mol. The SMILES string of the molecule is CCOc1ccc(-c2nc([C@@H]3CC(=O)N(c4ccc(F)cc4)C3)no2)cc1. The Hall–Kier alpha value is -3.22. The van der Waals surface area contributed by atoms with Crippen molar-refractivity contribution in [3.8, 4) is 17.2 Å². The summed E-state index contributed by atoms with van der Waals surface area (Å²) < 4.78 is 23.9. The Bertz CT molecular complexity index is 938. The van der Waals surface area contributed by atoms with Gasteiger partial charge in [0.15, 0.2) is 5.82 Å². The van der Waals surface area contributed by atoms with Gasteiger partial charge in [0.05, 0.1) is 6.61 Å². The molecule has 27 heavy (non-hydrogen) atoms. The lowest BCUT2D eigenvalue weighted by molar-refractivity contribution is -0.117. The smallest absolute Gasteiger partial charge is 0.257 e. The first kappa shape index (κ1) is 17.2. The number of hydrogen-bond acceptors (Lipinski definition) is 5. The van der Waals surface area contributed by atoms with Crippen LogP contribution in [0.1, 0.15) is 25.1 Å². The molecule has 1 saturated heterocycles. The molecule has 1 amide bonds. The number of hydrogen-bond donors (Lipinski definition) is 0. The maximum Gasteiger partial charge on any atom is 0.257 e. The van der Waals surface area contributed by atoms with E-state index in [9.17, 15) is 9.18 Å². The lowest BCUT2D eigenvalue weighted by Crippen LogP contribution is -2.24. The molecule has 0 unspecified atom stereocenters. The molecule has 1 aromatic heterocycles. The van der Waals surface area contributed by atoms with Crippen molar-refractivity contribution in [2.24, 2.45) is 0 Å². The van der Waals surface area contributed by atoms with Gasteiger partial charge in [-0.15, -0.1) is 0 Å². The number of aromatic nitrogens is 2. The summed E-state index contributed by atoms with van der Waals surface area (Å²) in [4.78, 5) is 18.4. The number of anilines is 1. The molecule has 1 fully saturated rings. The third-order valence-corrected chi connectivity index (χ3v) is 4.48. The first-order valence-electron chi connectivity index (χ1n) is 8.77. The van der Waals surface area contributed by atoms with Gasteiger partial charge in [0.2, 0.25) is 5.91 Å². The third kappa shape index (κ3) is 3.53. The summed E-state index contributed by atoms with van der Waals surface area (Å²) in [5.41, 5.74) is 1.45. The molecule has 6 nitrogen and oxygen atoms in total. The van der Waals surface area contributed by atoms with Crippen LogP contribution in [0.25, 0.3) is 11.5 Å². The van der Waals surface area contributed by atoms with Crippen LogP contribution < -0.4 is 9.64 Å². The van der Waals surface area contributed by atoms with Crippen LogP contribution in [0.2, 0.25) is 0 Å². The van der Waals surface area contributed by atoms with Crippen LogP contribution >= 0.6 is 0 Å². The monoisotopic (exact) mass is 367 g/mol. The topological polar surface area (TPSA) is 68.5 Å². The first-order valence-corrected chi connectivity index (χ1v) is 8.77. The lowest BCUT2D eigenvalue weighted by Gasteiger charge is -2.15. The van der Waals surface area contributed by atoms with E-state index in [4.69, 9.17) is 9.26 Å². The Labute approximate surface area is 155 Å². The molecule has 1 aliphatic rings. The lowest BCUT2D eigenvalue weighted by atomic mass is 10.1. The second kappa shape index (κ2) is 7.19. The molecular weight excluding hydrogens is 349 g/mol. The summed E-state index contributed by atoms with van der Waals surface area (Å²) in [5, 5.41) is 4.05. The van der Waals surface area contributed by atoms with E-state index in [0.29, 0.717) is 37.0 Å². The van der Waals surface area contributed by atoms with Gasteiger partial charge in [-0.1, -0.05) is 5.16 Å². The maximum absolute atomic E-state index is 13.1. The number of carbonyl (C=O) groups excluding carboxylic acids is 1. The van der Waals surface area contributed by atoms with Crippen molar-refractivity contribution >= 4 is 11.6 Å². The number of benzene rings is 2. The maximum atomic E-state index is 13.1. The highest BCUT2D eigenvalue weighted by molar-refractivity contribution is 5.96. The number of rotatable bonds is 5. The van der Waals surface area contributed by atoms with Crippen molar-refractivity contribution in [1.29, 1.82) is 0 Å². The van der Waals surface area contributed by atoms with Crippen molar-refractivity contribution in [2.75, 3.05) is 18.1 Å². The van der Waals surface area contributed by atoms with Gasteiger partial charge in [-0.25, -0.2) is 4.39 Å². The summed E-state index contributed by atoms with van der Waals surface area (Å²) in [6.07, 6.45) is 0.291. The van der Waals surface area contributed by atoms with Crippen LogP contribution in [0, 0.1) is 5.82 Å². The summed E-state index contributed by atoms with van der Waals surface area (Å²) in [7, 11) is 0. The van der Waals surface area contributed by atoms with Gasteiger partial charge in [-0.3, -0.25) is 4.79 Å². The Morgan fingerprint density at radius 3 is 2.63 bits per heavy atom. The largest absolute Gasteiger partial charge is 0.494 e. The zero-order valence-electron chi connectivity index (χ0n) is 14.8. The fraction of sp³-hybridized carbons (Fsp3) is 0.250. The van der Waals surface area contributed by atoms with Crippen molar-refractivity contribution in [1.82, 2.24) is 10.1 Å². The molecule has 0 radical (unpaired) electrons. The molecule has 0 N–H and O–H groups in total. The Kier molecular flexibility index (Phi) is 4.58. The molecule has 0 aliphatic carbocycles. The van der Waals surface area contributed by atoms with Gasteiger partial charge in [0.25, 0.3) is 5.89 Å². The number of halogens is 1. The quantitative estimate of drug-likeness (QED) is 0.686. The molecule has 7 heteroatoms. The van der Waals surface area contributed by atoms with Gasteiger partial charge in [-0.05, 0) is 55.5 Å². The van der Waals surface area contributed by atoms with Crippen LogP contribution in [0.15, 0.2) is 53.1 Å². The highest BCUT2D eigenvalue weighted by Crippen LogP contribution is 2.31. The van der Waals surface area contributed by atoms with Crippen molar-refractivity contribution in [3.63, 3.8) is 0 Å². The molecule has 0 bridgehead atoms. The molecule has 1 atom stereocenters. The second-order valence-corrected chi connectivity index (χ2v) is 6.30. The van der Waals surface area contributed by atoms with Gasteiger partial charge in [0.1, 0.15) is 11.6 Å². The molecule has 1 aliphatic heterocycles. The van der Waals surface area contributed by atoms with E-state index in [1.165, 1.54) is 12.1 Å². The van der Waals surface area contributed by atoms with E-state index in [-0.39, 0.29) is 17.6 Å². The molecule has 0 spiro atoms. The number of carbonyl (C=O) groups is 1. The van der Waals surface area contributed by atoms with Crippen LogP contribution in [0.5, 0.6) is 5.75 Å². The zero-order chi connectivity index (χ0) is 18.8. The van der Waals surface area contributed by atoms with Crippen molar-refractivity contribution in [2.45, 2.75) is 19.3 Å². The summed E-state index contributed by atoms with van der Waals surface area (Å²) in [6, 6.07) is 13.3. The van der Waals surface area contributed by atoms with E-state index in [1.54, 1.807) is 17.0 Å². The van der Waals surface area contributed by atoms with E-state index >= 15 is 0 Å². The van der Waals surface area contributed by atoms with Crippen LogP contribution in [-0.2, 0) is 4.79 Å². The molecule has 4 rings (SSSR count). The fourth-order valence-corrected chi connectivity index (χ4v) is 3.13. The van der Waals surface area contributed by atoms with Gasteiger partial charge in [-0.2, -0.15) is 4.98 Å². The minimum atomic E-state index is -0.333. The molecule has 2 aromatic carbocycles. The normalized spacial score (nSPS) is 16.7. The van der Waals surface area contributed by atoms with E-state index in [1.807, 2.05) is 31.2 Å². The minimum absolute atomic E-state index is 0.0426. The third-order valence-electron chi connectivity index (χ3n) is 4.48. The Morgan fingerprint density at radius 1 is 1.19 bits per heavy atom. The molecular formula is C20H18FN3O3. The van der Waals surface area contributed by atoms with E-state index in [0.717, 1.165) is 11.3 Å². The number of amides is 1. The van der Waals surface area contributed by atoms with Gasteiger partial charge < -0.3 is 14.2 Å². The fourth-order valence-electron chi connectivity index (χ4n) is 3.13. The summed E-state index contributed by atoms with van der Waals surface area (Å²) in [6.45, 7) is 2.97. The minimum Gasteiger partial charge on any atom is -0.494 e. The number of ether oxygens (including phenoxy) is 1. The Balaban J connectivity index is 1.50. The first-order chi connectivity index (χ1) is 13.1. The average Bonchev–Trinajstić information content (AvgIpc) is 3.30. The van der Waals surface area contributed by atoms with Gasteiger partial charge in [0, 0.05) is 30.1 Å². The predicted octanol–water partition coefficient (Wildman–Crippen LogP) is 3.79. The standard InChI is InChI=1S/C20H18FN3O3/c1-2-26-17-9-3-13(4-10-17)20-22-19(23-27-20)14-11-18(25)24(12-14)16-7-5-15(21)6-8-16/h3-10,14H,2,11-12H2,1H3/t14-/m1/s1. The Morgan fingerprint density at radius 2 is 1.93 bits per heavy atom. The summed E-state index contributed by atoms with van der Waals surface area (Å²) in [5.74, 6) is 1.14. The van der Waals surface area contributed by atoms with Crippen LogP contribution in [-0.4, -0.2) is 29.2 Å². The zero-order valence-corrected chi connectivity index (χ0v) is 14.8. The van der Waals surface area contributed by atoms with Crippen LogP contribution in [0.4, 0.5) is 10.1 Å². The van der Waals surface area contributed by atoms with E-state index < -0.39 is 0 Å². The predicted molar refractivity (Wildman–Crippen MR) is 97.0 cm³/mol. The van der Waals surface area contributed by atoms with E-state index in [2.05, 4.69) is 10.1 Å². The van der Waals surface area contributed by atoms with Crippen LogP contribution in [0.3, 0.4) is 0 Å². The van der Waals surface area contributed by atoms with Crippen molar-refractivity contribution in [3.05, 3.63) is 60.2 Å². The number of nitrogens with zero attached hydrogens (tertiary/aromatic N) is 3. The highest BCUT2D eigenvalue weighted by atomic mass is 19.1. The molecule has 3 aromatic rings. The summed E-state index contributed by atoms with van der Waals surface area (Å²) >= 11 is 0. The molecule has 2 heterocycles. The second-order valence-electron chi connectivity index (χ2n) is 6.30. The molecule has 0 saturated carbocycles.